The van der Waals surface area contributed by atoms with Gasteiger partial charge in [0, 0.05) is 28.2 Å². The fraction of sp³-hybridized carbons (Fsp3) is 0.200. The maximum atomic E-state index is 12.0. The topological polar surface area (TPSA) is 51.2 Å². The van der Waals surface area contributed by atoms with Crippen molar-refractivity contribution < 1.29 is 9.53 Å². The van der Waals surface area contributed by atoms with E-state index in [1.807, 2.05) is 30.3 Å². The summed E-state index contributed by atoms with van der Waals surface area (Å²) in [6.07, 6.45) is 2.59. The summed E-state index contributed by atoms with van der Waals surface area (Å²) in [7, 11) is 0. The van der Waals surface area contributed by atoms with Gasteiger partial charge in [0.05, 0.1) is 13.0 Å². The van der Waals surface area contributed by atoms with Crippen LogP contribution in [0.3, 0.4) is 0 Å². The number of hydrogen-bond acceptors (Lipinski definition) is 3. The van der Waals surface area contributed by atoms with E-state index in [4.69, 9.17) is 27.9 Å². The van der Waals surface area contributed by atoms with E-state index in [-0.39, 0.29) is 12.3 Å². The Hall–Kier alpha value is -2.30. The van der Waals surface area contributed by atoms with Crippen LogP contribution in [0.1, 0.15) is 12.0 Å². The highest BCUT2D eigenvalue weighted by molar-refractivity contribution is 6.36. The first-order chi connectivity index (χ1) is 12.6. The van der Waals surface area contributed by atoms with Crippen LogP contribution in [0.2, 0.25) is 10.0 Å². The van der Waals surface area contributed by atoms with Gasteiger partial charge in [-0.1, -0.05) is 47.5 Å². The molecule has 0 fully saturated rings. The molecule has 4 nitrogen and oxygen atoms in total. The van der Waals surface area contributed by atoms with Crippen LogP contribution >= 0.6 is 23.2 Å². The fourth-order valence-corrected chi connectivity index (χ4v) is 3.13. The molecule has 1 heterocycles. The fourth-order valence-electron chi connectivity index (χ4n) is 2.60. The van der Waals surface area contributed by atoms with Crippen molar-refractivity contribution in [1.29, 1.82) is 0 Å². The number of nitrogens with zero attached hydrogens (tertiary/aromatic N) is 1. The standard InChI is InChI=1S/C20H18Cl2N2O2/c21-16-7-2-8-17(22)15(16)13-19(25)23-11-4-12-26-18-9-1-5-14-6-3-10-24-20(14)18/h1-3,5-10H,4,11-13H2,(H,23,25). The number of fused-ring (bicyclic) bond motifs is 1. The van der Waals surface area contributed by atoms with Crippen molar-refractivity contribution in [3.8, 4) is 5.75 Å². The Morgan fingerprint density at radius 1 is 1.04 bits per heavy atom. The first-order valence-corrected chi connectivity index (χ1v) is 9.07. The molecule has 2 aromatic carbocycles. The van der Waals surface area contributed by atoms with E-state index < -0.39 is 0 Å². The number of amides is 1. The highest BCUT2D eigenvalue weighted by atomic mass is 35.5. The zero-order chi connectivity index (χ0) is 18.4. The van der Waals surface area contributed by atoms with E-state index >= 15 is 0 Å². The van der Waals surface area contributed by atoms with Gasteiger partial charge in [0.2, 0.25) is 5.91 Å². The second-order valence-electron chi connectivity index (χ2n) is 5.76. The maximum absolute atomic E-state index is 12.0. The molecule has 0 radical (unpaired) electrons. The number of benzene rings is 2. The van der Waals surface area contributed by atoms with Crippen molar-refractivity contribution in [3.05, 3.63) is 70.3 Å². The van der Waals surface area contributed by atoms with Crippen LogP contribution in [0.25, 0.3) is 10.9 Å². The van der Waals surface area contributed by atoms with Crippen molar-refractivity contribution in [2.24, 2.45) is 0 Å². The molecule has 1 aromatic heterocycles. The van der Waals surface area contributed by atoms with Crippen molar-refractivity contribution in [2.75, 3.05) is 13.2 Å². The number of aromatic nitrogens is 1. The third-order valence-corrected chi connectivity index (χ3v) is 4.60. The van der Waals surface area contributed by atoms with Gasteiger partial charge in [0.1, 0.15) is 11.3 Å². The molecule has 0 atom stereocenters. The summed E-state index contributed by atoms with van der Waals surface area (Å²) < 4.78 is 5.80. The summed E-state index contributed by atoms with van der Waals surface area (Å²) in [5.74, 6) is 0.629. The van der Waals surface area contributed by atoms with E-state index in [0.29, 0.717) is 35.2 Å². The van der Waals surface area contributed by atoms with Gasteiger partial charge >= 0.3 is 0 Å². The number of halogens is 2. The molecular weight excluding hydrogens is 371 g/mol. The summed E-state index contributed by atoms with van der Waals surface area (Å²) in [5.41, 5.74) is 1.49. The molecule has 0 aliphatic heterocycles. The first kappa shape index (κ1) is 18.5. The van der Waals surface area contributed by atoms with E-state index in [1.165, 1.54) is 0 Å². The van der Waals surface area contributed by atoms with E-state index in [1.54, 1.807) is 24.4 Å². The molecule has 0 aliphatic carbocycles. The van der Waals surface area contributed by atoms with Crippen LogP contribution < -0.4 is 10.1 Å². The zero-order valence-electron chi connectivity index (χ0n) is 14.0. The lowest BCUT2D eigenvalue weighted by Crippen LogP contribution is -2.27. The molecule has 0 unspecified atom stereocenters. The summed E-state index contributed by atoms with van der Waals surface area (Å²) in [6.45, 7) is 1.00. The molecule has 0 saturated heterocycles. The molecule has 0 spiro atoms. The lowest BCUT2D eigenvalue weighted by molar-refractivity contribution is -0.120. The van der Waals surface area contributed by atoms with Crippen molar-refractivity contribution in [2.45, 2.75) is 12.8 Å². The molecule has 26 heavy (non-hydrogen) atoms. The van der Waals surface area contributed by atoms with Crippen molar-refractivity contribution in [1.82, 2.24) is 10.3 Å². The smallest absolute Gasteiger partial charge is 0.224 e. The zero-order valence-corrected chi connectivity index (χ0v) is 15.6. The molecule has 3 aromatic rings. The third-order valence-electron chi connectivity index (χ3n) is 3.90. The van der Waals surface area contributed by atoms with Gasteiger partial charge < -0.3 is 10.1 Å². The monoisotopic (exact) mass is 388 g/mol. The number of para-hydroxylation sites is 1. The molecule has 0 bridgehead atoms. The minimum absolute atomic E-state index is 0.119. The normalized spacial score (nSPS) is 10.7. The molecule has 1 amide bonds. The number of rotatable bonds is 7. The molecular formula is C20H18Cl2N2O2. The summed E-state index contributed by atoms with van der Waals surface area (Å²) in [4.78, 5) is 16.4. The molecule has 0 aliphatic rings. The third kappa shape index (κ3) is 4.65. The quantitative estimate of drug-likeness (QED) is 0.598. The van der Waals surface area contributed by atoms with Crippen LogP contribution in [0.15, 0.2) is 54.7 Å². The van der Waals surface area contributed by atoms with E-state index in [9.17, 15) is 4.79 Å². The van der Waals surface area contributed by atoms with Gasteiger partial charge in [0.15, 0.2) is 0 Å². The average Bonchev–Trinajstić information content (AvgIpc) is 2.65. The number of carbonyl (C=O) groups excluding carboxylic acids is 1. The molecule has 134 valence electrons. The highest BCUT2D eigenvalue weighted by Gasteiger charge is 2.10. The Bertz CT molecular complexity index is 890. The second kappa shape index (κ2) is 8.88. The van der Waals surface area contributed by atoms with Gasteiger partial charge in [-0.15, -0.1) is 0 Å². The van der Waals surface area contributed by atoms with Gasteiger partial charge in [0.25, 0.3) is 0 Å². The number of carbonyl (C=O) groups is 1. The first-order valence-electron chi connectivity index (χ1n) is 8.31. The molecule has 3 rings (SSSR count). The molecule has 0 saturated carbocycles. The Morgan fingerprint density at radius 3 is 2.58 bits per heavy atom. The largest absolute Gasteiger partial charge is 0.491 e. The number of ether oxygens (including phenoxy) is 1. The maximum Gasteiger partial charge on any atom is 0.224 e. The van der Waals surface area contributed by atoms with Crippen LogP contribution in [0.4, 0.5) is 0 Å². The second-order valence-corrected chi connectivity index (χ2v) is 6.57. The lowest BCUT2D eigenvalue weighted by Gasteiger charge is -2.10. The van der Waals surface area contributed by atoms with E-state index in [0.717, 1.165) is 16.7 Å². The number of nitrogens with one attached hydrogen (secondary N) is 1. The molecule has 1 N–H and O–H groups in total. The molecule has 6 heteroatoms. The van der Waals surface area contributed by atoms with Crippen molar-refractivity contribution >= 4 is 40.0 Å². The number of hydrogen-bond donors (Lipinski definition) is 1. The van der Waals surface area contributed by atoms with Crippen molar-refractivity contribution in [3.63, 3.8) is 0 Å². The minimum atomic E-state index is -0.119. The van der Waals surface area contributed by atoms with Crippen LogP contribution in [0.5, 0.6) is 5.75 Å². The Balaban J connectivity index is 1.45. The number of pyridine rings is 1. The summed E-state index contributed by atoms with van der Waals surface area (Å²) in [5, 5.41) is 4.89. The predicted octanol–water partition coefficient (Wildman–Crippen LogP) is 4.67. The van der Waals surface area contributed by atoms with Crippen LogP contribution in [-0.4, -0.2) is 24.0 Å². The van der Waals surface area contributed by atoms with Gasteiger partial charge in [-0.2, -0.15) is 0 Å². The van der Waals surface area contributed by atoms with E-state index in [2.05, 4.69) is 10.3 Å². The summed E-state index contributed by atoms with van der Waals surface area (Å²) >= 11 is 12.2. The van der Waals surface area contributed by atoms with Crippen LogP contribution in [0, 0.1) is 0 Å². The SMILES string of the molecule is O=C(Cc1c(Cl)cccc1Cl)NCCCOc1cccc2cccnc12. The van der Waals surface area contributed by atoms with Gasteiger partial charge in [-0.25, -0.2) is 0 Å². The average molecular weight is 389 g/mol. The predicted molar refractivity (Wildman–Crippen MR) is 105 cm³/mol. The van der Waals surface area contributed by atoms with Gasteiger partial charge in [-0.3, -0.25) is 9.78 Å². The van der Waals surface area contributed by atoms with Crippen LogP contribution in [-0.2, 0) is 11.2 Å². The minimum Gasteiger partial charge on any atom is -0.491 e. The Kier molecular flexibility index (Phi) is 6.31. The summed E-state index contributed by atoms with van der Waals surface area (Å²) in [6, 6.07) is 14.9. The lowest BCUT2D eigenvalue weighted by atomic mass is 10.1. The van der Waals surface area contributed by atoms with Gasteiger partial charge in [-0.05, 0) is 36.2 Å². The Morgan fingerprint density at radius 2 is 1.77 bits per heavy atom. The highest BCUT2D eigenvalue weighted by Crippen LogP contribution is 2.25. The Labute approximate surface area is 162 Å².